The molecule has 2 rings (SSSR count). The van der Waals surface area contributed by atoms with Gasteiger partial charge >= 0.3 is 0 Å². The molecule has 0 amide bonds. The third-order valence-electron chi connectivity index (χ3n) is 2.17. The average Bonchev–Trinajstić information content (AvgIpc) is 2.75. The van der Waals surface area contributed by atoms with Gasteiger partial charge in [0.05, 0.1) is 5.60 Å². The Labute approximate surface area is 75.4 Å². The molecule has 64 valence electrons. The molecule has 3 heteroatoms. The van der Waals surface area contributed by atoms with Crippen LogP contribution in [0.4, 0.5) is 0 Å². The van der Waals surface area contributed by atoms with Gasteiger partial charge < -0.3 is 10.2 Å². The molecule has 1 aliphatic carbocycles. The van der Waals surface area contributed by atoms with Gasteiger partial charge in [-0.25, -0.2) is 0 Å². The largest absolute Gasteiger partial charge is 0.508 e. The molecule has 2 nitrogen and oxygen atoms in total. The summed E-state index contributed by atoms with van der Waals surface area (Å²) < 4.78 is 0. The van der Waals surface area contributed by atoms with Crippen molar-refractivity contribution in [3.05, 3.63) is 28.8 Å². The number of rotatable bonds is 1. The number of hydrogen-bond acceptors (Lipinski definition) is 2. The molecule has 1 saturated carbocycles. The summed E-state index contributed by atoms with van der Waals surface area (Å²) in [7, 11) is 0. The summed E-state index contributed by atoms with van der Waals surface area (Å²) in [6.07, 6.45) is 1.46. The standard InChI is InChI=1S/C9H9ClO2/c10-8-2-1-6(11)5-7(8)9(12)3-4-9/h1-2,5,11-12H,3-4H2. The molecular weight excluding hydrogens is 176 g/mol. The lowest BCUT2D eigenvalue weighted by Gasteiger charge is -2.09. The molecular formula is C9H9ClO2. The van der Waals surface area contributed by atoms with Gasteiger partial charge in [0.1, 0.15) is 5.75 Å². The summed E-state index contributed by atoms with van der Waals surface area (Å²) in [5.74, 6) is 0.148. The van der Waals surface area contributed by atoms with E-state index >= 15 is 0 Å². The van der Waals surface area contributed by atoms with Gasteiger partial charge in [-0.1, -0.05) is 11.6 Å². The van der Waals surface area contributed by atoms with Gasteiger partial charge in [0, 0.05) is 10.6 Å². The first-order valence-electron chi connectivity index (χ1n) is 3.83. The van der Waals surface area contributed by atoms with Crippen molar-refractivity contribution in [3.8, 4) is 5.75 Å². The van der Waals surface area contributed by atoms with Crippen molar-refractivity contribution in [3.63, 3.8) is 0 Å². The van der Waals surface area contributed by atoms with Crippen LogP contribution in [-0.4, -0.2) is 10.2 Å². The lowest BCUT2D eigenvalue weighted by atomic mass is 10.1. The second kappa shape index (κ2) is 2.38. The van der Waals surface area contributed by atoms with Crippen LogP contribution in [0, 0.1) is 0 Å². The molecule has 2 N–H and O–H groups in total. The minimum Gasteiger partial charge on any atom is -0.508 e. The SMILES string of the molecule is Oc1ccc(Cl)c(C2(O)CC2)c1. The first kappa shape index (κ1) is 7.90. The Bertz CT molecular complexity index is 318. The van der Waals surface area contributed by atoms with E-state index in [1.165, 1.54) is 12.1 Å². The fourth-order valence-electron chi connectivity index (χ4n) is 1.26. The van der Waals surface area contributed by atoms with Gasteiger partial charge in [-0.2, -0.15) is 0 Å². The number of halogens is 1. The minimum atomic E-state index is -0.768. The first-order valence-corrected chi connectivity index (χ1v) is 4.21. The monoisotopic (exact) mass is 184 g/mol. The molecule has 0 bridgehead atoms. The van der Waals surface area contributed by atoms with E-state index in [0.29, 0.717) is 10.6 Å². The second-order valence-electron chi connectivity index (χ2n) is 3.20. The average molecular weight is 185 g/mol. The van der Waals surface area contributed by atoms with Crippen LogP contribution >= 0.6 is 11.6 Å². The lowest BCUT2D eigenvalue weighted by molar-refractivity contribution is 0.151. The van der Waals surface area contributed by atoms with Crippen molar-refractivity contribution in [2.75, 3.05) is 0 Å². The van der Waals surface area contributed by atoms with E-state index in [2.05, 4.69) is 0 Å². The fourth-order valence-corrected chi connectivity index (χ4v) is 1.55. The predicted octanol–water partition coefficient (Wildman–Crippen LogP) is 2.03. The zero-order valence-corrected chi connectivity index (χ0v) is 7.17. The van der Waals surface area contributed by atoms with Crippen LogP contribution in [0.3, 0.4) is 0 Å². The van der Waals surface area contributed by atoms with Crippen LogP contribution in [0.1, 0.15) is 18.4 Å². The van der Waals surface area contributed by atoms with Crippen LogP contribution in [0.5, 0.6) is 5.75 Å². The Hall–Kier alpha value is -0.730. The van der Waals surface area contributed by atoms with E-state index in [9.17, 15) is 5.11 Å². The van der Waals surface area contributed by atoms with Crippen molar-refractivity contribution in [2.45, 2.75) is 18.4 Å². The zero-order valence-electron chi connectivity index (χ0n) is 6.42. The second-order valence-corrected chi connectivity index (χ2v) is 3.60. The third-order valence-corrected chi connectivity index (χ3v) is 2.50. The highest BCUT2D eigenvalue weighted by Gasteiger charge is 2.43. The molecule has 0 spiro atoms. The molecule has 0 radical (unpaired) electrons. The van der Waals surface area contributed by atoms with Gasteiger partial charge in [-0.15, -0.1) is 0 Å². The highest BCUT2D eigenvalue weighted by Crippen LogP contribution is 2.48. The zero-order chi connectivity index (χ0) is 8.77. The van der Waals surface area contributed by atoms with Crippen LogP contribution < -0.4 is 0 Å². The van der Waals surface area contributed by atoms with Gasteiger partial charge in [-0.05, 0) is 31.0 Å². The molecule has 12 heavy (non-hydrogen) atoms. The van der Waals surface area contributed by atoms with E-state index in [0.717, 1.165) is 12.8 Å². The Kier molecular flexibility index (Phi) is 1.56. The molecule has 1 aromatic rings. The number of phenols is 1. The Morgan fingerprint density at radius 3 is 2.58 bits per heavy atom. The molecule has 0 saturated heterocycles. The molecule has 1 aliphatic rings. The maximum Gasteiger partial charge on any atom is 0.116 e. The highest BCUT2D eigenvalue weighted by atomic mass is 35.5. The minimum absolute atomic E-state index is 0.148. The lowest BCUT2D eigenvalue weighted by Crippen LogP contribution is -2.04. The summed E-state index contributed by atoms with van der Waals surface area (Å²) >= 11 is 5.85. The van der Waals surface area contributed by atoms with Crippen LogP contribution in [0.2, 0.25) is 5.02 Å². The van der Waals surface area contributed by atoms with Crippen LogP contribution in [0.25, 0.3) is 0 Å². The fraction of sp³-hybridized carbons (Fsp3) is 0.333. The van der Waals surface area contributed by atoms with Gasteiger partial charge in [-0.3, -0.25) is 0 Å². The normalized spacial score (nSPS) is 19.2. The Morgan fingerprint density at radius 1 is 1.33 bits per heavy atom. The van der Waals surface area contributed by atoms with E-state index < -0.39 is 5.60 Å². The topological polar surface area (TPSA) is 40.5 Å². The van der Waals surface area contributed by atoms with E-state index in [1.54, 1.807) is 6.07 Å². The molecule has 1 aromatic carbocycles. The van der Waals surface area contributed by atoms with Crippen molar-refractivity contribution < 1.29 is 10.2 Å². The molecule has 0 heterocycles. The summed E-state index contributed by atoms with van der Waals surface area (Å²) in [6.45, 7) is 0. The summed E-state index contributed by atoms with van der Waals surface area (Å²) in [5.41, 5.74) is -0.125. The van der Waals surface area contributed by atoms with E-state index in [-0.39, 0.29) is 5.75 Å². The number of phenolic OH excluding ortho intramolecular Hbond substituents is 1. The highest BCUT2D eigenvalue weighted by molar-refractivity contribution is 6.31. The van der Waals surface area contributed by atoms with Gasteiger partial charge in [0.25, 0.3) is 0 Å². The van der Waals surface area contributed by atoms with E-state index in [1.807, 2.05) is 0 Å². The Morgan fingerprint density at radius 2 is 2.00 bits per heavy atom. The van der Waals surface area contributed by atoms with Crippen molar-refractivity contribution in [1.82, 2.24) is 0 Å². The van der Waals surface area contributed by atoms with Crippen LogP contribution in [0.15, 0.2) is 18.2 Å². The maximum absolute atomic E-state index is 9.71. The predicted molar refractivity (Wildman–Crippen MR) is 46.2 cm³/mol. The van der Waals surface area contributed by atoms with Gasteiger partial charge in [0.15, 0.2) is 0 Å². The quantitative estimate of drug-likeness (QED) is 0.701. The molecule has 1 fully saturated rings. The van der Waals surface area contributed by atoms with Crippen LogP contribution in [-0.2, 0) is 5.60 Å². The number of hydrogen-bond donors (Lipinski definition) is 2. The van der Waals surface area contributed by atoms with Crippen molar-refractivity contribution >= 4 is 11.6 Å². The molecule has 0 aliphatic heterocycles. The number of benzene rings is 1. The molecule has 0 aromatic heterocycles. The summed E-state index contributed by atoms with van der Waals surface area (Å²) in [6, 6.07) is 4.63. The Balaban J connectivity index is 2.48. The number of aromatic hydroxyl groups is 1. The van der Waals surface area contributed by atoms with Crippen molar-refractivity contribution in [1.29, 1.82) is 0 Å². The third kappa shape index (κ3) is 1.17. The smallest absolute Gasteiger partial charge is 0.116 e. The summed E-state index contributed by atoms with van der Waals surface area (Å²) in [4.78, 5) is 0. The maximum atomic E-state index is 9.71. The first-order chi connectivity index (χ1) is 5.62. The summed E-state index contributed by atoms with van der Waals surface area (Å²) in [5, 5.41) is 19.4. The van der Waals surface area contributed by atoms with Gasteiger partial charge in [0.2, 0.25) is 0 Å². The number of aliphatic hydroxyl groups is 1. The molecule has 0 unspecified atom stereocenters. The molecule has 0 atom stereocenters. The van der Waals surface area contributed by atoms with Crippen molar-refractivity contribution in [2.24, 2.45) is 0 Å². The van der Waals surface area contributed by atoms with E-state index in [4.69, 9.17) is 16.7 Å².